The highest BCUT2D eigenvalue weighted by atomic mass is 19.1. The van der Waals surface area contributed by atoms with Crippen LogP contribution in [0.3, 0.4) is 0 Å². The van der Waals surface area contributed by atoms with Gasteiger partial charge in [0.15, 0.2) is 0 Å². The van der Waals surface area contributed by atoms with E-state index in [0.717, 1.165) is 48.1 Å². The Hall–Kier alpha value is -3.28. The van der Waals surface area contributed by atoms with Crippen LogP contribution < -0.4 is 16.4 Å². The first-order chi connectivity index (χ1) is 16.4. The van der Waals surface area contributed by atoms with Crippen LogP contribution in [-0.2, 0) is 6.42 Å². The maximum Gasteiger partial charge on any atom is 0.214 e. The molecule has 0 heterocycles. The van der Waals surface area contributed by atoms with E-state index < -0.39 is 5.97 Å². The summed E-state index contributed by atoms with van der Waals surface area (Å²) in [4.78, 5) is 0. The second-order valence-electron chi connectivity index (χ2n) is 8.45. The molecular weight excluding hydrogens is 423 g/mol. The van der Waals surface area contributed by atoms with Crippen molar-refractivity contribution in [2.24, 2.45) is 0 Å². The van der Waals surface area contributed by atoms with Gasteiger partial charge in [-0.05, 0) is 85.3 Å². The minimum absolute atomic E-state index is 0.124. The highest BCUT2D eigenvalue weighted by Gasteiger charge is 2.16. The van der Waals surface area contributed by atoms with E-state index in [4.69, 9.17) is 11.1 Å². The predicted molar refractivity (Wildman–Crippen MR) is 143 cm³/mol. The summed E-state index contributed by atoms with van der Waals surface area (Å²) in [6.07, 6.45) is 3.16. The first kappa shape index (κ1) is 25.3. The SMILES string of the molecule is CC/C(=C(/c1ccc(CCCNC(C)NC)cc1)c1ccc(N)c(C(=N)F)c1)c1ccccc1. The fraction of sp³-hybridized carbons (Fsp3) is 0.276. The molecule has 0 saturated carbocycles. The van der Waals surface area contributed by atoms with Gasteiger partial charge >= 0.3 is 0 Å². The van der Waals surface area contributed by atoms with Crippen LogP contribution in [0.1, 0.15) is 54.5 Å². The van der Waals surface area contributed by atoms with Gasteiger partial charge < -0.3 is 16.4 Å². The Kier molecular flexibility index (Phi) is 9.14. The maximum atomic E-state index is 13.9. The molecule has 3 rings (SSSR count). The van der Waals surface area contributed by atoms with Crippen LogP contribution >= 0.6 is 0 Å². The summed E-state index contributed by atoms with van der Waals surface area (Å²) in [6, 6.07) is 24.2. The number of nitrogens with one attached hydrogen (secondary N) is 3. The normalized spacial score (nSPS) is 12.8. The Morgan fingerprint density at radius 1 is 0.971 bits per heavy atom. The van der Waals surface area contributed by atoms with Crippen molar-refractivity contribution in [3.63, 3.8) is 0 Å². The highest BCUT2D eigenvalue weighted by Crippen LogP contribution is 2.35. The topological polar surface area (TPSA) is 73.9 Å². The Labute approximate surface area is 202 Å². The predicted octanol–water partition coefficient (Wildman–Crippen LogP) is 6.02. The van der Waals surface area contributed by atoms with Crippen LogP contribution in [0.15, 0.2) is 72.8 Å². The summed E-state index contributed by atoms with van der Waals surface area (Å²) < 4.78 is 13.9. The zero-order valence-corrected chi connectivity index (χ0v) is 20.3. The Morgan fingerprint density at radius 2 is 1.65 bits per heavy atom. The molecule has 0 aliphatic heterocycles. The minimum atomic E-state index is -1.02. The van der Waals surface area contributed by atoms with Gasteiger partial charge in [-0.3, -0.25) is 5.41 Å². The van der Waals surface area contributed by atoms with Crippen LogP contribution in [0.2, 0.25) is 0 Å². The molecule has 178 valence electrons. The number of allylic oxidation sites excluding steroid dienone is 1. The lowest BCUT2D eigenvalue weighted by atomic mass is 9.87. The molecule has 0 amide bonds. The number of aryl methyl sites for hydroxylation is 1. The Balaban J connectivity index is 1.99. The van der Waals surface area contributed by atoms with E-state index in [-0.39, 0.29) is 11.3 Å². The van der Waals surface area contributed by atoms with E-state index in [0.29, 0.717) is 6.17 Å². The van der Waals surface area contributed by atoms with Crippen LogP contribution in [0.4, 0.5) is 10.1 Å². The van der Waals surface area contributed by atoms with E-state index in [1.54, 1.807) is 12.1 Å². The summed E-state index contributed by atoms with van der Waals surface area (Å²) in [6.45, 7) is 5.19. The van der Waals surface area contributed by atoms with Crippen LogP contribution in [0, 0.1) is 5.41 Å². The monoisotopic (exact) mass is 458 g/mol. The third-order valence-electron chi connectivity index (χ3n) is 6.12. The van der Waals surface area contributed by atoms with Gasteiger partial charge in [0.05, 0.1) is 11.7 Å². The second-order valence-corrected chi connectivity index (χ2v) is 8.45. The van der Waals surface area contributed by atoms with E-state index in [2.05, 4.69) is 60.9 Å². The van der Waals surface area contributed by atoms with E-state index in [9.17, 15) is 4.39 Å². The summed E-state index contributed by atoms with van der Waals surface area (Å²) in [5, 5.41) is 14.1. The average molecular weight is 459 g/mol. The number of benzene rings is 3. The van der Waals surface area contributed by atoms with Crippen molar-refractivity contribution >= 4 is 22.8 Å². The van der Waals surface area contributed by atoms with E-state index >= 15 is 0 Å². The highest BCUT2D eigenvalue weighted by molar-refractivity contribution is 6.02. The first-order valence-electron chi connectivity index (χ1n) is 11.9. The molecule has 34 heavy (non-hydrogen) atoms. The van der Waals surface area contributed by atoms with Gasteiger partial charge in [0.25, 0.3) is 0 Å². The maximum absolute atomic E-state index is 13.9. The molecule has 0 aliphatic carbocycles. The van der Waals surface area contributed by atoms with Crippen molar-refractivity contribution in [3.05, 3.63) is 101 Å². The Morgan fingerprint density at radius 3 is 2.26 bits per heavy atom. The molecular formula is C29H35FN4. The van der Waals surface area contributed by atoms with Gasteiger partial charge in [-0.25, -0.2) is 0 Å². The number of halogens is 1. The lowest BCUT2D eigenvalue weighted by Crippen LogP contribution is -2.37. The Bertz CT molecular complexity index is 1120. The molecule has 0 aliphatic rings. The molecule has 1 unspecified atom stereocenters. The van der Waals surface area contributed by atoms with Crippen molar-refractivity contribution in [2.45, 2.75) is 39.3 Å². The first-order valence-corrected chi connectivity index (χ1v) is 11.9. The van der Waals surface area contributed by atoms with Crippen molar-refractivity contribution in [2.75, 3.05) is 19.3 Å². The minimum Gasteiger partial charge on any atom is -0.398 e. The number of nitrogens with two attached hydrogens (primary N) is 1. The lowest BCUT2D eigenvalue weighted by molar-refractivity contribution is 0.483. The third-order valence-corrected chi connectivity index (χ3v) is 6.12. The smallest absolute Gasteiger partial charge is 0.214 e. The number of anilines is 1. The van der Waals surface area contributed by atoms with Crippen LogP contribution in [-0.4, -0.2) is 25.7 Å². The van der Waals surface area contributed by atoms with Crippen molar-refractivity contribution in [1.29, 1.82) is 5.41 Å². The van der Waals surface area contributed by atoms with Gasteiger partial charge in [0.2, 0.25) is 5.97 Å². The van der Waals surface area contributed by atoms with E-state index in [1.807, 2.05) is 31.3 Å². The van der Waals surface area contributed by atoms with Gasteiger partial charge in [-0.1, -0.05) is 67.6 Å². The number of hydrogen-bond acceptors (Lipinski definition) is 4. The molecule has 3 aromatic carbocycles. The van der Waals surface area contributed by atoms with Crippen molar-refractivity contribution in [3.8, 4) is 0 Å². The second kappa shape index (κ2) is 12.3. The number of nitrogen functional groups attached to an aromatic ring is 1. The standard InChI is InChI=1S/C29H35FN4/c1-4-25(22-10-6-5-7-11-22)28(24-16-17-27(31)26(19-24)29(30)32)23-14-12-21(13-15-23)9-8-18-34-20(2)33-3/h5-7,10-17,19-20,32-34H,4,8-9,18,31H2,1-3H3/b28-25+,32-29?. The molecule has 0 aromatic heterocycles. The van der Waals surface area contributed by atoms with Crippen molar-refractivity contribution in [1.82, 2.24) is 10.6 Å². The van der Waals surface area contributed by atoms with Gasteiger partial charge in [-0.2, -0.15) is 4.39 Å². The molecule has 3 aromatic rings. The summed E-state index contributed by atoms with van der Waals surface area (Å²) in [5.74, 6) is -1.02. The number of rotatable bonds is 11. The van der Waals surface area contributed by atoms with Crippen molar-refractivity contribution < 1.29 is 4.39 Å². The molecule has 0 spiro atoms. The zero-order chi connectivity index (χ0) is 24.5. The van der Waals surface area contributed by atoms with Gasteiger partial charge in [0, 0.05) is 5.69 Å². The molecule has 0 radical (unpaired) electrons. The van der Waals surface area contributed by atoms with Gasteiger partial charge in [-0.15, -0.1) is 0 Å². The third kappa shape index (κ3) is 6.40. The fourth-order valence-corrected chi connectivity index (χ4v) is 4.13. The molecule has 0 fully saturated rings. The summed E-state index contributed by atoms with van der Waals surface area (Å²) >= 11 is 0. The molecule has 1 atom stereocenters. The summed E-state index contributed by atoms with van der Waals surface area (Å²) in [5.41, 5.74) is 12.9. The summed E-state index contributed by atoms with van der Waals surface area (Å²) in [7, 11) is 1.95. The van der Waals surface area contributed by atoms with E-state index in [1.165, 1.54) is 11.1 Å². The largest absolute Gasteiger partial charge is 0.398 e. The number of hydrogen-bond donors (Lipinski definition) is 4. The molecule has 0 bridgehead atoms. The fourth-order valence-electron chi connectivity index (χ4n) is 4.13. The quantitative estimate of drug-likeness (QED) is 0.0933. The molecule has 5 N–H and O–H groups in total. The van der Waals surface area contributed by atoms with Crippen LogP contribution in [0.5, 0.6) is 0 Å². The average Bonchev–Trinajstić information content (AvgIpc) is 2.86. The molecule has 5 heteroatoms. The zero-order valence-electron chi connectivity index (χ0n) is 20.3. The van der Waals surface area contributed by atoms with Crippen LogP contribution in [0.25, 0.3) is 11.1 Å². The molecule has 0 saturated heterocycles. The van der Waals surface area contributed by atoms with Gasteiger partial charge in [0.1, 0.15) is 0 Å². The lowest BCUT2D eigenvalue weighted by Gasteiger charge is -2.18. The molecule has 4 nitrogen and oxygen atoms in total.